The largest absolute Gasteiger partial charge is 0.233 e. The Bertz CT molecular complexity index is 707. The van der Waals surface area contributed by atoms with Crippen LogP contribution >= 0.6 is 26.6 Å². The standard InChI is InChI=1S/C9H7BrClNO4S2/c10-8-2-1-3-9(7(8)6-12)17(13,14)4-5-18(11,15)16/h1-3H,4-5H2. The molecule has 1 aromatic rings. The number of hydrogen-bond donors (Lipinski definition) is 0. The lowest BCUT2D eigenvalue weighted by atomic mass is 10.2. The minimum absolute atomic E-state index is 0.0514. The van der Waals surface area contributed by atoms with Gasteiger partial charge in [-0.15, -0.1) is 0 Å². The predicted octanol–water partition coefficient (Wildman–Crippen LogP) is 1.66. The van der Waals surface area contributed by atoms with Gasteiger partial charge in [0.1, 0.15) is 6.07 Å². The monoisotopic (exact) mass is 371 g/mol. The highest BCUT2D eigenvalue weighted by atomic mass is 79.9. The topological polar surface area (TPSA) is 92.1 Å². The Hall–Kier alpha value is -0.620. The lowest BCUT2D eigenvalue weighted by Gasteiger charge is -2.06. The van der Waals surface area contributed by atoms with Crippen LogP contribution in [0.3, 0.4) is 0 Å². The Balaban J connectivity index is 3.23. The minimum Gasteiger partial charge on any atom is -0.224 e. The average molecular weight is 373 g/mol. The lowest BCUT2D eigenvalue weighted by molar-refractivity contribution is 0.592. The third-order valence-electron chi connectivity index (χ3n) is 2.02. The van der Waals surface area contributed by atoms with E-state index in [-0.39, 0.29) is 10.5 Å². The van der Waals surface area contributed by atoms with Crippen LogP contribution in [0.5, 0.6) is 0 Å². The molecule has 0 bridgehead atoms. The van der Waals surface area contributed by atoms with Gasteiger partial charge in [-0.05, 0) is 28.1 Å². The maximum atomic E-state index is 11.9. The van der Waals surface area contributed by atoms with Crippen molar-refractivity contribution in [1.29, 1.82) is 5.26 Å². The van der Waals surface area contributed by atoms with Crippen molar-refractivity contribution in [2.24, 2.45) is 0 Å². The van der Waals surface area contributed by atoms with Crippen LogP contribution < -0.4 is 0 Å². The minimum atomic E-state index is -3.90. The van der Waals surface area contributed by atoms with Gasteiger partial charge in [0.05, 0.1) is 22.0 Å². The first-order valence-electron chi connectivity index (χ1n) is 4.51. The molecule has 0 atom stereocenters. The average Bonchev–Trinajstić information content (AvgIpc) is 2.25. The zero-order chi connectivity index (χ0) is 14.0. The molecule has 1 aromatic carbocycles. The van der Waals surface area contributed by atoms with Crippen LogP contribution in [-0.4, -0.2) is 28.3 Å². The first kappa shape index (κ1) is 15.4. The van der Waals surface area contributed by atoms with E-state index in [0.29, 0.717) is 4.47 Å². The fraction of sp³-hybridized carbons (Fsp3) is 0.222. The van der Waals surface area contributed by atoms with E-state index in [9.17, 15) is 16.8 Å². The summed E-state index contributed by atoms with van der Waals surface area (Å²) in [7, 11) is -2.81. The van der Waals surface area contributed by atoms with Crippen LogP contribution in [0.25, 0.3) is 0 Å². The van der Waals surface area contributed by atoms with Gasteiger partial charge in [-0.3, -0.25) is 0 Å². The molecule has 0 aliphatic carbocycles. The highest BCUT2D eigenvalue weighted by Crippen LogP contribution is 2.24. The molecule has 1 rings (SSSR count). The summed E-state index contributed by atoms with van der Waals surface area (Å²) in [6.45, 7) is 0. The van der Waals surface area contributed by atoms with E-state index in [0.717, 1.165) is 0 Å². The molecule has 0 heterocycles. The van der Waals surface area contributed by atoms with Crippen LogP contribution in [-0.2, 0) is 18.9 Å². The Morgan fingerprint density at radius 1 is 1.22 bits per heavy atom. The molecule has 0 aliphatic rings. The molecule has 18 heavy (non-hydrogen) atoms. The van der Waals surface area contributed by atoms with Gasteiger partial charge in [-0.25, -0.2) is 16.8 Å². The quantitative estimate of drug-likeness (QED) is 0.750. The van der Waals surface area contributed by atoms with Gasteiger partial charge < -0.3 is 0 Å². The van der Waals surface area contributed by atoms with Crippen LogP contribution in [0.15, 0.2) is 27.6 Å². The van der Waals surface area contributed by atoms with Crippen LogP contribution in [0, 0.1) is 11.3 Å². The van der Waals surface area contributed by atoms with Gasteiger partial charge in [-0.2, -0.15) is 5.26 Å². The van der Waals surface area contributed by atoms with Gasteiger partial charge >= 0.3 is 0 Å². The van der Waals surface area contributed by atoms with Crippen LogP contribution in [0.2, 0.25) is 0 Å². The maximum absolute atomic E-state index is 11.9. The second-order valence-electron chi connectivity index (χ2n) is 3.29. The van der Waals surface area contributed by atoms with Gasteiger partial charge in [0.25, 0.3) is 0 Å². The van der Waals surface area contributed by atoms with Crippen molar-refractivity contribution in [3.8, 4) is 6.07 Å². The summed E-state index contributed by atoms with van der Waals surface area (Å²) < 4.78 is 45.7. The van der Waals surface area contributed by atoms with Crippen molar-refractivity contribution >= 4 is 45.5 Å². The summed E-state index contributed by atoms with van der Waals surface area (Å²) in [5.74, 6) is -1.36. The summed E-state index contributed by atoms with van der Waals surface area (Å²) in [5, 5.41) is 8.90. The van der Waals surface area contributed by atoms with Crippen molar-refractivity contribution in [1.82, 2.24) is 0 Å². The van der Waals surface area contributed by atoms with E-state index in [1.165, 1.54) is 18.2 Å². The molecule has 0 spiro atoms. The first-order valence-corrected chi connectivity index (χ1v) is 9.43. The number of hydrogen-bond acceptors (Lipinski definition) is 5. The first-order chi connectivity index (χ1) is 8.17. The molecule has 0 radical (unpaired) electrons. The summed E-state index contributed by atoms with van der Waals surface area (Å²) in [6, 6.07) is 5.98. The molecule has 5 nitrogen and oxygen atoms in total. The van der Waals surface area contributed by atoms with Gasteiger partial charge in [0.2, 0.25) is 9.05 Å². The molecule has 98 valence electrons. The fourth-order valence-corrected chi connectivity index (χ4v) is 4.99. The lowest BCUT2D eigenvalue weighted by Crippen LogP contribution is -2.15. The van der Waals surface area contributed by atoms with Crippen molar-refractivity contribution < 1.29 is 16.8 Å². The number of halogens is 2. The van der Waals surface area contributed by atoms with Crippen molar-refractivity contribution in [3.63, 3.8) is 0 Å². The molecule has 0 N–H and O–H groups in total. The summed E-state index contributed by atoms with van der Waals surface area (Å²) in [4.78, 5) is -0.209. The van der Waals surface area contributed by atoms with Gasteiger partial charge in [0, 0.05) is 15.2 Å². The smallest absolute Gasteiger partial charge is 0.224 e. The summed E-state index contributed by atoms with van der Waals surface area (Å²) in [6.07, 6.45) is 0. The number of nitriles is 1. The fourth-order valence-electron chi connectivity index (χ4n) is 1.19. The molecule has 0 unspecified atom stereocenters. The van der Waals surface area contributed by atoms with Crippen LogP contribution in [0.4, 0.5) is 0 Å². The number of benzene rings is 1. The molecule has 0 aliphatic heterocycles. The second kappa shape index (κ2) is 5.57. The Morgan fingerprint density at radius 3 is 2.33 bits per heavy atom. The highest BCUT2D eigenvalue weighted by Gasteiger charge is 2.22. The van der Waals surface area contributed by atoms with Crippen molar-refractivity contribution in [2.75, 3.05) is 11.5 Å². The number of rotatable bonds is 4. The van der Waals surface area contributed by atoms with E-state index in [2.05, 4.69) is 15.9 Å². The SMILES string of the molecule is N#Cc1c(Br)cccc1S(=O)(=O)CCS(=O)(=O)Cl. The molecule has 0 fully saturated rings. The Kier molecular flexibility index (Phi) is 4.78. The Morgan fingerprint density at radius 2 is 1.83 bits per heavy atom. The third kappa shape index (κ3) is 3.95. The molecule has 0 aromatic heterocycles. The molecule has 0 saturated heterocycles. The van der Waals surface area contributed by atoms with E-state index in [1.54, 1.807) is 6.07 Å². The van der Waals surface area contributed by atoms with Gasteiger partial charge in [-0.1, -0.05) is 6.07 Å². The summed E-state index contributed by atoms with van der Waals surface area (Å²) in [5.41, 5.74) is -0.0514. The normalized spacial score (nSPS) is 12.1. The number of nitrogens with zero attached hydrogens (tertiary/aromatic N) is 1. The van der Waals surface area contributed by atoms with Crippen LogP contribution in [0.1, 0.15) is 5.56 Å². The van der Waals surface area contributed by atoms with E-state index < -0.39 is 30.4 Å². The zero-order valence-corrected chi connectivity index (χ0v) is 12.8. The molecule has 9 heteroatoms. The number of sulfone groups is 1. The zero-order valence-electron chi connectivity index (χ0n) is 8.80. The van der Waals surface area contributed by atoms with Gasteiger partial charge in [0.15, 0.2) is 9.84 Å². The highest BCUT2D eigenvalue weighted by molar-refractivity contribution is 9.10. The van der Waals surface area contributed by atoms with Crippen molar-refractivity contribution in [2.45, 2.75) is 4.90 Å². The summed E-state index contributed by atoms with van der Waals surface area (Å²) >= 11 is 3.06. The molecule has 0 amide bonds. The van der Waals surface area contributed by atoms with Crippen molar-refractivity contribution in [3.05, 3.63) is 28.2 Å². The van der Waals surface area contributed by atoms with E-state index in [4.69, 9.17) is 15.9 Å². The molecular formula is C9H7BrClNO4S2. The second-order valence-corrected chi connectivity index (χ2v) is 9.12. The third-order valence-corrected chi connectivity index (χ3v) is 5.84. The predicted molar refractivity (Wildman–Crippen MR) is 70.5 cm³/mol. The molecular weight excluding hydrogens is 366 g/mol. The van der Waals surface area contributed by atoms with E-state index in [1.807, 2.05) is 0 Å². The Labute approximate surface area is 118 Å². The molecule has 0 saturated carbocycles. The maximum Gasteiger partial charge on any atom is 0.233 e. The van der Waals surface area contributed by atoms with E-state index >= 15 is 0 Å².